The number of nitrogens with zero attached hydrogens (tertiary/aromatic N) is 2. The van der Waals surface area contributed by atoms with E-state index in [-0.39, 0.29) is 11.4 Å². The molecule has 0 fully saturated rings. The van der Waals surface area contributed by atoms with Crippen LogP contribution in [-0.4, -0.2) is 36.6 Å². The number of likely N-dealkylation sites (N-methyl/N-ethyl adjacent to an activating group) is 1. The molecule has 2 aromatic carbocycles. The molecule has 3 rings (SSSR count). The summed E-state index contributed by atoms with van der Waals surface area (Å²) < 4.78 is 31.9. The Morgan fingerprint density at radius 1 is 1.24 bits per heavy atom. The largest absolute Gasteiger partial charge is 0.325 e. The van der Waals surface area contributed by atoms with E-state index in [4.69, 9.17) is 0 Å². The van der Waals surface area contributed by atoms with Gasteiger partial charge in [0.25, 0.3) is 0 Å². The fraction of sp³-hybridized carbons (Fsp3) is 0.125. The first-order chi connectivity index (χ1) is 11.9. The van der Waals surface area contributed by atoms with Crippen molar-refractivity contribution in [3.8, 4) is 0 Å². The molecule has 0 aliphatic rings. The van der Waals surface area contributed by atoms with Gasteiger partial charge in [-0.1, -0.05) is 15.9 Å². The Labute approximate surface area is 157 Å². The Morgan fingerprint density at radius 2 is 1.96 bits per heavy atom. The van der Waals surface area contributed by atoms with E-state index in [1.54, 1.807) is 30.5 Å². The van der Waals surface area contributed by atoms with Gasteiger partial charge < -0.3 is 5.32 Å². The van der Waals surface area contributed by atoms with Crippen molar-refractivity contribution in [2.24, 2.45) is 0 Å². The molecule has 0 aliphatic heterocycles. The van der Waals surface area contributed by atoms with Gasteiger partial charge in [-0.3, -0.25) is 4.79 Å². The third kappa shape index (κ3) is 4.06. The number of carbonyl (C=O) groups excluding carboxylic acids is 1. The summed E-state index contributed by atoms with van der Waals surface area (Å²) in [6.45, 7) is -0.279. The Balaban J connectivity index is 1.69. The Kier molecular flexibility index (Phi) is 5.19. The highest BCUT2D eigenvalue weighted by Crippen LogP contribution is 2.22. The van der Waals surface area contributed by atoms with E-state index in [2.05, 4.69) is 25.6 Å². The molecule has 0 aliphatic carbocycles. The minimum Gasteiger partial charge on any atom is -0.325 e. The van der Waals surface area contributed by atoms with Gasteiger partial charge >= 0.3 is 0 Å². The van der Waals surface area contributed by atoms with Crippen LogP contribution in [0.5, 0.6) is 0 Å². The van der Waals surface area contributed by atoms with Crippen LogP contribution < -0.4 is 5.32 Å². The molecule has 0 saturated carbocycles. The number of amides is 1. The summed E-state index contributed by atoms with van der Waals surface area (Å²) in [5.41, 5.74) is 0.604. The van der Waals surface area contributed by atoms with Crippen molar-refractivity contribution in [2.45, 2.75) is 4.90 Å². The molecule has 0 spiro atoms. The summed E-state index contributed by atoms with van der Waals surface area (Å²) in [7, 11) is -2.35. The van der Waals surface area contributed by atoms with Crippen LogP contribution in [0.15, 0.2) is 58.0 Å². The van der Waals surface area contributed by atoms with Crippen LogP contribution in [0.1, 0.15) is 0 Å². The lowest BCUT2D eigenvalue weighted by Crippen LogP contribution is -2.34. The highest BCUT2D eigenvalue weighted by atomic mass is 79.9. The number of carbonyl (C=O) groups is 1. The molecular weight excluding hydrogens is 426 g/mol. The van der Waals surface area contributed by atoms with E-state index >= 15 is 0 Å². The van der Waals surface area contributed by atoms with Crippen molar-refractivity contribution in [1.29, 1.82) is 0 Å². The van der Waals surface area contributed by atoms with Gasteiger partial charge in [0, 0.05) is 28.8 Å². The molecule has 1 amide bonds. The summed E-state index contributed by atoms with van der Waals surface area (Å²) in [5.74, 6) is -0.411. The van der Waals surface area contributed by atoms with Crippen LogP contribution in [-0.2, 0) is 14.8 Å². The quantitative estimate of drug-likeness (QED) is 0.660. The number of sulfonamides is 1. The third-order valence-electron chi connectivity index (χ3n) is 3.52. The molecule has 1 aromatic heterocycles. The maximum atomic E-state index is 12.5. The number of nitrogens with one attached hydrogen (secondary N) is 1. The third-order valence-corrected chi connectivity index (χ3v) is 6.65. The SMILES string of the molecule is CN(CC(=O)Nc1ccc2sncc2c1)S(=O)(=O)c1ccc(Br)cc1. The molecule has 0 saturated heterocycles. The van der Waals surface area contributed by atoms with Gasteiger partial charge in [-0.15, -0.1) is 0 Å². The van der Waals surface area contributed by atoms with Crippen molar-refractivity contribution in [3.63, 3.8) is 0 Å². The van der Waals surface area contributed by atoms with Crippen LogP contribution >= 0.6 is 27.5 Å². The van der Waals surface area contributed by atoms with E-state index in [1.165, 1.54) is 30.7 Å². The zero-order valence-electron chi connectivity index (χ0n) is 13.1. The van der Waals surface area contributed by atoms with Crippen LogP contribution in [0.4, 0.5) is 5.69 Å². The van der Waals surface area contributed by atoms with Crippen molar-refractivity contribution < 1.29 is 13.2 Å². The van der Waals surface area contributed by atoms with Crippen molar-refractivity contribution in [2.75, 3.05) is 18.9 Å². The minimum absolute atomic E-state index is 0.136. The first kappa shape index (κ1) is 18.0. The van der Waals surface area contributed by atoms with E-state index in [0.29, 0.717) is 5.69 Å². The number of benzene rings is 2. The fourth-order valence-electron chi connectivity index (χ4n) is 2.22. The van der Waals surface area contributed by atoms with Crippen LogP contribution in [0, 0.1) is 0 Å². The smallest absolute Gasteiger partial charge is 0.243 e. The Morgan fingerprint density at radius 3 is 2.68 bits per heavy atom. The normalized spacial score (nSPS) is 11.8. The van der Waals surface area contributed by atoms with E-state index in [0.717, 1.165) is 18.9 Å². The number of halogens is 1. The molecule has 0 unspecified atom stereocenters. The van der Waals surface area contributed by atoms with Gasteiger partial charge in [-0.05, 0) is 54.0 Å². The van der Waals surface area contributed by atoms with Gasteiger partial charge in [0.15, 0.2) is 0 Å². The van der Waals surface area contributed by atoms with E-state index in [9.17, 15) is 13.2 Å². The van der Waals surface area contributed by atoms with Crippen LogP contribution in [0.3, 0.4) is 0 Å². The number of fused-ring (bicyclic) bond motifs is 1. The molecule has 0 atom stereocenters. The number of hydrogen-bond donors (Lipinski definition) is 1. The highest BCUT2D eigenvalue weighted by Gasteiger charge is 2.22. The first-order valence-electron chi connectivity index (χ1n) is 7.22. The van der Waals surface area contributed by atoms with Gasteiger partial charge in [0.1, 0.15) is 0 Å². The first-order valence-corrected chi connectivity index (χ1v) is 10.2. The molecule has 1 N–H and O–H groups in total. The van der Waals surface area contributed by atoms with Crippen molar-refractivity contribution >= 4 is 59.2 Å². The minimum atomic E-state index is -3.73. The number of hydrogen-bond acceptors (Lipinski definition) is 5. The highest BCUT2D eigenvalue weighted by molar-refractivity contribution is 9.10. The second-order valence-electron chi connectivity index (χ2n) is 5.34. The van der Waals surface area contributed by atoms with E-state index < -0.39 is 15.9 Å². The molecule has 25 heavy (non-hydrogen) atoms. The van der Waals surface area contributed by atoms with Gasteiger partial charge in [-0.25, -0.2) is 8.42 Å². The Hall–Kier alpha value is -1.81. The standard InChI is InChI=1S/C16H14BrN3O3S2/c1-20(25(22,23)14-5-2-12(17)3-6-14)10-16(21)19-13-4-7-15-11(8-13)9-18-24-15/h2-9H,10H2,1H3,(H,19,21). The predicted octanol–water partition coefficient (Wildman–Crippen LogP) is 3.32. The molecular formula is C16H14BrN3O3S2. The molecule has 6 nitrogen and oxygen atoms in total. The summed E-state index contributed by atoms with van der Waals surface area (Å²) in [5, 5.41) is 3.64. The number of rotatable bonds is 5. The fourth-order valence-corrected chi connectivity index (χ4v) is 4.24. The number of anilines is 1. The lowest BCUT2D eigenvalue weighted by molar-refractivity contribution is -0.116. The zero-order valence-corrected chi connectivity index (χ0v) is 16.4. The van der Waals surface area contributed by atoms with Crippen molar-refractivity contribution in [1.82, 2.24) is 8.68 Å². The predicted molar refractivity (Wildman–Crippen MR) is 102 cm³/mol. The number of aromatic nitrogens is 1. The maximum absolute atomic E-state index is 12.5. The molecule has 0 bridgehead atoms. The van der Waals surface area contributed by atoms with Gasteiger partial charge in [-0.2, -0.15) is 8.68 Å². The lowest BCUT2D eigenvalue weighted by atomic mass is 10.2. The van der Waals surface area contributed by atoms with Crippen molar-refractivity contribution in [3.05, 3.63) is 53.1 Å². The summed E-state index contributed by atoms with van der Waals surface area (Å²) >= 11 is 4.64. The Bertz CT molecular complexity index is 1020. The summed E-state index contributed by atoms with van der Waals surface area (Å²) in [6.07, 6.45) is 1.72. The maximum Gasteiger partial charge on any atom is 0.243 e. The summed E-state index contributed by atoms with van der Waals surface area (Å²) in [6, 6.07) is 11.7. The molecule has 0 radical (unpaired) electrons. The molecule has 1 heterocycles. The summed E-state index contributed by atoms with van der Waals surface area (Å²) in [4.78, 5) is 12.3. The van der Waals surface area contributed by atoms with Gasteiger partial charge in [0.2, 0.25) is 15.9 Å². The van der Waals surface area contributed by atoms with Crippen LogP contribution in [0.2, 0.25) is 0 Å². The lowest BCUT2D eigenvalue weighted by Gasteiger charge is -2.17. The molecule has 130 valence electrons. The second kappa shape index (κ2) is 7.20. The topological polar surface area (TPSA) is 79.4 Å². The molecule has 9 heteroatoms. The average molecular weight is 440 g/mol. The molecule has 3 aromatic rings. The van der Waals surface area contributed by atoms with E-state index in [1.807, 2.05) is 6.07 Å². The monoisotopic (exact) mass is 439 g/mol. The average Bonchev–Trinajstić information content (AvgIpc) is 3.02. The van der Waals surface area contributed by atoms with Crippen LogP contribution in [0.25, 0.3) is 10.1 Å². The van der Waals surface area contributed by atoms with Gasteiger partial charge in [0.05, 0.1) is 16.1 Å². The second-order valence-corrected chi connectivity index (χ2v) is 9.14. The zero-order chi connectivity index (χ0) is 18.0.